The van der Waals surface area contributed by atoms with E-state index in [0.29, 0.717) is 5.56 Å². The molecular weight excluding hydrogens is 465 g/mol. The van der Waals surface area contributed by atoms with E-state index >= 15 is 0 Å². The van der Waals surface area contributed by atoms with Gasteiger partial charge in [-0.2, -0.15) is 17.5 Å². The van der Waals surface area contributed by atoms with Crippen molar-refractivity contribution in [2.45, 2.75) is 38.5 Å². The Bertz CT molecular complexity index is 1170. The summed E-state index contributed by atoms with van der Waals surface area (Å²) in [4.78, 5) is 10.0. The Morgan fingerprint density at radius 2 is 1.82 bits per heavy atom. The summed E-state index contributed by atoms with van der Waals surface area (Å²) in [5.74, 6) is -5.29. The minimum absolute atomic E-state index is 0.0368. The quantitative estimate of drug-likeness (QED) is 0.393. The molecule has 1 aromatic heterocycles. The molecule has 2 aromatic carbocycles. The van der Waals surface area contributed by atoms with E-state index in [9.17, 15) is 26.7 Å². The predicted octanol–water partition coefficient (Wildman–Crippen LogP) is 6.44. The summed E-state index contributed by atoms with van der Waals surface area (Å²) >= 11 is 0.251. The normalized spacial score (nSPS) is 17.8. The molecule has 3 aromatic rings. The van der Waals surface area contributed by atoms with Crippen LogP contribution in [0.4, 0.5) is 22.0 Å². The molecule has 2 atom stereocenters. The van der Waals surface area contributed by atoms with Crippen molar-refractivity contribution in [1.29, 1.82) is 0 Å². The molecule has 1 aliphatic rings. The first-order chi connectivity index (χ1) is 15.6. The highest BCUT2D eigenvalue weighted by Crippen LogP contribution is 2.48. The number of carboxylic acid groups (broad SMARTS) is 1. The molecule has 1 aliphatic carbocycles. The third kappa shape index (κ3) is 4.71. The molecule has 1 N–H and O–H groups in total. The Labute approximate surface area is 189 Å². The summed E-state index contributed by atoms with van der Waals surface area (Å²) in [5, 5.41) is 9.00. The number of aryl methyl sites for hydroxylation is 1. The maximum atomic E-state index is 14.5. The third-order valence-corrected chi connectivity index (χ3v) is 6.53. The topological polar surface area (TPSA) is 59.4 Å². The number of carboxylic acids is 1. The lowest BCUT2D eigenvalue weighted by Gasteiger charge is -2.13. The minimum atomic E-state index is -4.71. The molecular formula is C23H18F5NO3S. The van der Waals surface area contributed by atoms with Crippen molar-refractivity contribution >= 4 is 17.5 Å². The van der Waals surface area contributed by atoms with E-state index in [4.69, 9.17) is 9.84 Å². The molecule has 4 nitrogen and oxygen atoms in total. The average molecular weight is 483 g/mol. The van der Waals surface area contributed by atoms with Crippen LogP contribution in [0.2, 0.25) is 0 Å². The van der Waals surface area contributed by atoms with E-state index in [0.717, 1.165) is 24.1 Å². The van der Waals surface area contributed by atoms with Crippen LogP contribution in [0.5, 0.6) is 5.75 Å². The van der Waals surface area contributed by atoms with Crippen LogP contribution < -0.4 is 4.74 Å². The van der Waals surface area contributed by atoms with Crippen LogP contribution in [0.15, 0.2) is 36.4 Å². The summed E-state index contributed by atoms with van der Waals surface area (Å²) < 4.78 is 78.9. The van der Waals surface area contributed by atoms with E-state index in [1.165, 1.54) is 0 Å². The van der Waals surface area contributed by atoms with Crippen LogP contribution in [0.1, 0.15) is 40.8 Å². The molecule has 0 aliphatic heterocycles. The van der Waals surface area contributed by atoms with Gasteiger partial charge in [-0.1, -0.05) is 31.2 Å². The number of aliphatic carboxylic acids is 1. The molecule has 33 heavy (non-hydrogen) atoms. The summed E-state index contributed by atoms with van der Waals surface area (Å²) in [6.07, 6.45) is -3.69. The lowest BCUT2D eigenvalue weighted by Crippen LogP contribution is -2.09. The molecule has 0 unspecified atom stereocenters. The van der Waals surface area contributed by atoms with Crippen molar-refractivity contribution in [3.05, 3.63) is 69.6 Å². The highest BCUT2D eigenvalue weighted by molar-refractivity contribution is 7.06. The maximum absolute atomic E-state index is 14.5. The van der Waals surface area contributed by atoms with Crippen LogP contribution in [0.3, 0.4) is 0 Å². The zero-order valence-electron chi connectivity index (χ0n) is 17.2. The number of halogens is 5. The van der Waals surface area contributed by atoms with Crippen molar-refractivity contribution in [2.75, 3.05) is 0 Å². The van der Waals surface area contributed by atoms with Gasteiger partial charge in [0.15, 0.2) is 17.4 Å². The molecule has 0 bridgehead atoms. The van der Waals surface area contributed by atoms with E-state index in [-0.39, 0.29) is 34.8 Å². The van der Waals surface area contributed by atoms with Crippen molar-refractivity contribution in [3.63, 3.8) is 0 Å². The second-order valence-corrected chi connectivity index (χ2v) is 8.55. The SMILES string of the molecule is CCc1ccc(-c2nsc(C(F)(F)F)c2COc2c(F)cc([C@@H]3C[C@H]3C(=O)O)cc2F)cc1. The van der Waals surface area contributed by atoms with Crippen LogP contribution in [-0.2, 0) is 24.0 Å². The fraction of sp³-hybridized carbons (Fsp3) is 0.304. The first kappa shape index (κ1) is 23.2. The maximum Gasteiger partial charge on any atom is 0.427 e. The van der Waals surface area contributed by atoms with Gasteiger partial charge in [-0.25, -0.2) is 8.78 Å². The van der Waals surface area contributed by atoms with E-state index in [1.807, 2.05) is 6.92 Å². The van der Waals surface area contributed by atoms with Gasteiger partial charge in [0.25, 0.3) is 0 Å². The molecule has 10 heteroatoms. The molecule has 1 heterocycles. The van der Waals surface area contributed by atoms with Gasteiger partial charge in [0.05, 0.1) is 11.6 Å². The number of hydrogen-bond acceptors (Lipinski definition) is 4. The molecule has 0 radical (unpaired) electrons. The minimum Gasteiger partial charge on any atom is -0.483 e. The summed E-state index contributed by atoms with van der Waals surface area (Å²) in [6, 6.07) is 8.75. The average Bonchev–Trinajstić information content (AvgIpc) is 3.45. The van der Waals surface area contributed by atoms with Crippen molar-refractivity contribution < 1.29 is 36.6 Å². The Morgan fingerprint density at radius 3 is 2.33 bits per heavy atom. The second kappa shape index (κ2) is 8.74. The lowest BCUT2D eigenvalue weighted by molar-refractivity contribution is -0.138. The Morgan fingerprint density at radius 1 is 1.18 bits per heavy atom. The van der Waals surface area contributed by atoms with Gasteiger partial charge >= 0.3 is 12.1 Å². The number of aromatic nitrogens is 1. The van der Waals surface area contributed by atoms with E-state index in [2.05, 4.69) is 4.37 Å². The highest BCUT2D eigenvalue weighted by Gasteiger charge is 2.45. The number of ether oxygens (including phenoxy) is 1. The second-order valence-electron chi connectivity index (χ2n) is 7.78. The van der Waals surface area contributed by atoms with Crippen LogP contribution in [0.25, 0.3) is 11.3 Å². The monoisotopic (exact) mass is 483 g/mol. The summed E-state index contributed by atoms with van der Waals surface area (Å²) in [6.45, 7) is 1.20. The molecule has 0 saturated heterocycles. The zero-order chi connectivity index (χ0) is 23.9. The van der Waals surface area contributed by atoms with Gasteiger partial charge in [-0.3, -0.25) is 4.79 Å². The van der Waals surface area contributed by atoms with Crippen molar-refractivity contribution in [1.82, 2.24) is 4.37 Å². The first-order valence-corrected chi connectivity index (χ1v) is 10.9. The Kier molecular flexibility index (Phi) is 6.13. The fourth-order valence-electron chi connectivity index (χ4n) is 3.70. The molecule has 174 valence electrons. The Hall–Kier alpha value is -3.01. The number of benzene rings is 2. The Balaban J connectivity index is 1.62. The highest BCUT2D eigenvalue weighted by atomic mass is 32.1. The predicted molar refractivity (Wildman–Crippen MR) is 111 cm³/mol. The number of alkyl halides is 3. The van der Waals surface area contributed by atoms with Crippen molar-refractivity contribution in [2.24, 2.45) is 5.92 Å². The largest absolute Gasteiger partial charge is 0.483 e. The van der Waals surface area contributed by atoms with Gasteiger partial charge in [-0.05, 0) is 53.6 Å². The molecule has 4 rings (SSSR count). The van der Waals surface area contributed by atoms with Crippen LogP contribution in [0, 0.1) is 17.6 Å². The standard InChI is InChI=1S/C23H18F5NO3S/c1-2-11-3-5-12(6-4-11)19-16(21(33-29-19)23(26,27)28)10-32-20-17(24)7-13(8-18(20)25)14-9-15(14)22(30)31/h3-8,14-15H,2,9-10H2,1H3,(H,30,31)/t14-,15+/m0/s1. The van der Waals surface area contributed by atoms with E-state index in [1.54, 1.807) is 24.3 Å². The molecule has 1 fully saturated rings. The first-order valence-electron chi connectivity index (χ1n) is 10.1. The van der Waals surface area contributed by atoms with Crippen molar-refractivity contribution in [3.8, 4) is 17.0 Å². The van der Waals surface area contributed by atoms with Gasteiger partial charge in [0.1, 0.15) is 11.5 Å². The molecule has 0 spiro atoms. The zero-order valence-corrected chi connectivity index (χ0v) is 18.1. The number of carbonyl (C=O) groups is 1. The third-order valence-electron chi connectivity index (χ3n) is 5.60. The summed E-state index contributed by atoms with van der Waals surface area (Å²) in [5.41, 5.74) is 1.33. The lowest BCUT2D eigenvalue weighted by atomic mass is 10.0. The van der Waals surface area contributed by atoms with E-state index < -0.39 is 52.8 Å². The van der Waals surface area contributed by atoms with Gasteiger partial charge in [0, 0.05) is 11.1 Å². The van der Waals surface area contributed by atoms with Gasteiger partial charge < -0.3 is 9.84 Å². The number of nitrogens with zero attached hydrogens (tertiary/aromatic N) is 1. The fourth-order valence-corrected chi connectivity index (χ4v) is 4.47. The molecule has 1 saturated carbocycles. The van der Waals surface area contributed by atoms with Gasteiger partial charge in [0.2, 0.25) is 0 Å². The van der Waals surface area contributed by atoms with Gasteiger partial charge in [-0.15, -0.1) is 0 Å². The summed E-state index contributed by atoms with van der Waals surface area (Å²) in [7, 11) is 0. The number of hydrogen-bond donors (Lipinski definition) is 1. The van der Waals surface area contributed by atoms with Crippen LogP contribution >= 0.6 is 11.5 Å². The smallest absolute Gasteiger partial charge is 0.427 e. The number of rotatable bonds is 7. The molecule has 0 amide bonds. The van der Waals surface area contributed by atoms with Crippen LogP contribution in [-0.4, -0.2) is 15.4 Å².